The summed E-state index contributed by atoms with van der Waals surface area (Å²) in [6, 6.07) is 11.9. The number of amides is 3. The summed E-state index contributed by atoms with van der Waals surface area (Å²) in [5.74, 6) is -1.07. The molecule has 26 heavy (non-hydrogen) atoms. The van der Waals surface area contributed by atoms with E-state index in [4.69, 9.17) is 5.73 Å². The number of aryl methyl sites for hydroxylation is 1. The maximum atomic E-state index is 12.2. The maximum Gasteiger partial charge on any atom is 0.251 e. The van der Waals surface area contributed by atoms with Gasteiger partial charge in [0.1, 0.15) is 0 Å². The molecule has 7 nitrogen and oxygen atoms in total. The lowest BCUT2D eigenvalue weighted by Gasteiger charge is -2.12. The van der Waals surface area contributed by atoms with Crippen molar-refractivity contribution in [3.8, 4) is 0 Å². The number of benzene rings is 2. The SMILES string of the molecule is CCNC(=O)c1cccc(NC(=O)CNc2cccc(C)c2C(N)=O)c1. The minimum absolute atomic E-state index is 0.0465. The molecule has 0 aromatic heterocycles. The van der Waals surface area contributed by atoms with Gasteiger partial charge in [-0.15, -0.1) is 0 Å². The van der Waals surface area contributed by atoms with E-state index in [1.54, 1.807) is 49.4 Å². The molecular weight excluding hydrogens is 332 g/mol. The van der Waals surface area contributed by atoms with E-state index in [1.807, 2.05) is 6.92 Å². The van der Waals surface area contributed by atoms with Crippen LogP contribution in [0, 0.1) is 6.92 Å². The number of carbonyl (C=O) groups is 3. The van der Waals surface area contributed by atoms with Gasteiger partial charge in [0.05, 0.1) is 12.1 Å². The largest absolute Gasteiger partial charge is 0.375 e. The summed E-state index contributed by atoms with van der Waals surface area (Å²) in [6.07, 6.45) is 0. The van der Waals surface area contributed by atoms with Gasteiger partial charge in [-0.2, -0.15) is 0 Å². The molecule has 0 radical (unpaired) electrons. The summed E-state index contributed by atoms with van der Waals surface area (Å²) in [5.41, 5.74) is 7.97. The first-order valence-corrected chi connectivity index (χ1v) is 8.23. The summed E-state index contributed by atoms with van der Waals surface area (Å²) >= 11 is 0. The van der Waals surface area contributed by atoms with Gasteiger partial charge in [-0.1, -0.05) is 18.2 Å². The van der Waals surface area contributed by atoms with Crippen LogP contribution in [-0.4, -0.2) is 30.8 Å². The average molecular weight is 354 g/mol. The Hall–Kier alpha value is -3.35. The van der Waals surface area contributed by atoms with E-state index in [9.17, 15) is 14.4 Å². The monoisotopic (exact) mass is 354 g/mol. The second-order valence-corrected chi connectivity index (χ2v) is 5.70. The van der Waals surface area contributed by atoms with Crippen molar-refractivity contribution < 1.29 is 14.4 Å². The fraction of sp³-hybridized carbons (Fsp3) is 0.211. The average Bonchev–Trinajstić information content (AvgIpc) is 2.60. The molecule has 0 aliphatic rings. The van der Waals surface area contributed by atoms with Crippen molar-refractivity contribution in [3.63, 3.8) is 0 Å². The molecule has 0 unspecified atom stereocenters. The van der Waals surface area contributed by atoms with Gasteiger partial charge in [-0.05, 0) is 43.7 Å². The van der Waals surface area contributed by atoms with Gasteiger partial charge >= 0.3 is 0 Å². The van der Waals surface area contributed by atoms with E-state index < -0.39 is 5.91 Å². The molecule has 7 heteroatoms. The van der Waals surface area contributed by atoms with E-state index in [2.05, 4.69) is 16.0 Å². The standard InChI is InChI=1S/C19H22N4O3/c1-3-21-19(26)13-7-5-8-14(10-13)23-16(24)11-22-15-9-4-6-12(2)17(15)18(20)25/h4-10,22H,3,11H2,1-2H3,(H2,20,25)(H,21,26)(H,23,24). The molecule has 5 N–H and O–H groups in total. The maximum absolute atomic E-state index is 12.2. The summed E-state index contributed by atoms with van der Waals surface area (Å²) in [6.45, 7) is 4.09. The molecule has 2 aromatic carbocycles. The molecule has 0 atom stereocenters. The third kappa shape index (κ3) is 4.83. The molecular formula is C19H22N4O3. The second-order valence-electron chi connectivity index (χ2n) is 5.70. The van der Waals surface area contributed by atoms with E-state index >= 15 is 0 Å². The lowest BCUT2D eigenvalue weighted by Crippen LogP contribution is -2.25. The van der Waals surface area contributed by atoms with Gasteiger partial charge in [0, 0.05) is 23.5 Å². The summed E-state index contributed by atoms with van der Waals surface area (Å²) in [7, 11) is 0. The molecule has 0 spiro atoms. The van der Waals surface area contributed by atoms with Crippen molar-refractivity contribution in [2.24, 2.45) is 5.73 Å². The zero-order valence-electron chi connectivity index (χ0n) is 14.8. The fourth-order valence-electron chi connectivity index (χ4n) is 2.52. The van der Waals surface area contributed by atoms with Crippen molar-refractivity contribution >= 4 is 29.1 Å². The Morgan fingerprint density at radius 3 is 2.50 bits per heavy atom. The highest BCUT2D eigenvalue weighted by Gasteiger charge is 2.12. The lowest BCUT2D eigenvalue weighted by atomic mass is 10.1. The van der Waals surface area contributed by atoms with Gasteiger partial charge in [-0.3, -0.25) is 14.4 Å². The molecule has 0 bridgehead atoms. The number of hydrogen-bond acceptors (Lipinski definition) is 4. The molecule has 0 aliphatic carbocycles. The van der Waals surface area contributed by atoms with E-state index in [-0.39, 0.29) is 18.4 Å². The van der Waals surface area contributed by atoms with Crippen LogP contribution in [0.4, 0.5) is 11.4 Å². The Morgan fingerprint density at radius 2 is 1.81 bits per heavy atom. The third-order valence-corrected chi connectivity index (χ3v) is 3.70. The Kier molecular flexibility index (Phi) is 6.32. The summed E-state index contributed by atoms with van der Waals surface area (Å²) in [4.78, 5) is 35.6. The van der Waals surface area contributed by atoms with Gasteiger partial charge < -0.3 is 21.7 Å². The zero-order chi connectivity index (χ0) is 19.1. The highest BCUT2D eigenvalue weighted by atomic mass is 16.2. The van der Waals surface area contributed by atoms with Crippen LogP contribution in [0.1, 0.15) is 33.2 Å². The van der Waals surface area contributed by atoms with Crippen LogP contribution in [0.15, 0.2) is 42.5 Å². The van der Waals surface area contributed by atoms with Crippen LogP contribution >= 0.6 is 0 Å². The van der Waals surface area contributed by atoms with Gasteiger partial charge in [0.15, 0.2) is 0 Å². The number of anilines is 2. The molecule has 2 rings (SSSR count). The predicted octanol–water partition coefficient (Wildman–Crippen LogP) is 1.89. The molecule has 0 saturated carbocycles. The number of primary amides is 1. The molecule has 0 fully saturated rings. The van der Waals surface area contributed by atoms with Crippen molar-refractivity contribution in [1.82, 2.24) is 5.32 Å². The van der Waals surface area contributed by atoms with Gasteiger partial charge in [0.2, 0.25) is 5.91 Å². The molecule has 0 heterocycles. The van der Waals surface area contributed by atoms with Crippen LogP contribution in [0.3, 0.4) is 0 Å². The Labute approximate surface area is 152 Å². The first-order valence-electron chi connectivity index (χ1n) is 8.23. The molecule has 136 valence electrons. The quantitative estimate of drug-likeness (QED) is 0.608. The number of carbonyl (C=O) groups excluding carboxylic acids is 3. The topological polar surface area (TPSA) is 113 Å². The smallest absolute Gasteiger partial charge is 0.251 e. The number of rotatable bonds is 7. The molecule has 0 saturated heterocycles. The van der Waals surface area contributed by atoms with E-state index in [0.717, 1.165) is 5.56 Å². The molecule has 0 aliphatic heterocycles. The predicted molar refractivity (Wildman–Crippen MR) is 101 cm³/mol. The third-order valence-electron chi connectivity index (χ3n) is 3.70. The Balaban J connectivity index is 2.02. The zero-order valence-corrected chi connectivity index (χ0v) is 14.8. The highest BCUT2D eigenvalue weighted by molar-refractivity contribution is 6.01. The normalized spacial score (nSPS) is 10.1. The minimum Gasteiger partial charge on any atom is -0.375 e. The highest BCUT2D eigenvalue weighted by Crippen LogP contribution is 2.18. The molecule has 2 aromatic rings. The Morgan fingerprint density at radius 1 is 1.08 bits per heavy atom. The number of nitrogens with two attached hydrogens (primary N) is 1. The van der Waals surface area contributed by atoms with Crippen molar-refractivity contribution in [2.75, 3.05) is 23.7 Å². The van der Waals surface area contributed by atoms with Gasteiger partial charge in [-0.25, -0.2) is 0 Å². The van der Waals surface area contributed by atoms with Crippen LogP contribution in [0.5, 0.6) is 0 Å². The van der Waals surface area contributed by atoms with E-state index in [0.29, 0.717) is 29.0 Å². The lowest BCUT2D eigenvalue weighted by molar-refractivity contribution is -0.114. The van der Waals surface area contributed by atoms with E-state index in [1.165, 1.54) is 0 Å². The number of nitrogens with one attached hydrogen (secondary N) is 3. The van der Waals surface area contributed by atoms with Crippen molar-refractivity contribution in [2.45, 2.75) is 13.8 Å². The Bertz CT molecular complexity index is 833. The summed E-state index contributed by atoms with van der Waals surface area (Å²) in [5, 5.41) is 8.34. The van der Waals surface area contributed by atoms with Crippen molar-refractivity contribution in [3.05, 3.63) is 59.2 Å². The molecule has 3 amide bonds. The first-order chi connectivity index (χ1) is 12.4. The van der Waals surface area contributed by atoms with Crippen molar-refractivity contribution in [1.29, 1.82) is 0 Å². The van der Waals surface area contributed by atoms with Crippen LogP contribution in [0.2, 0.25) is 0 Å². The van der Waals surface area contributed by atoms with Crippen LogP contribution in [-0.2, 0) is 4.79 Å². The summed E-state index contributed by atoms with van der Waals surface area (Å²) < 4.78 is 0. The van der Waals surface area contributed by atoms with Crippen LogP contribution in [0.25, 0.3) is 0 Å². The first kappa shape index (κ1) is 19.0. The second kappa shape index (κ2) is 8.66. The fourth-order valence-corrected chi connectivity index (χ4v) is 2.52. The number of hydrogen-bond donors (Lipinski definition) is 4. The van der Waals surface area contributed by atoms with Crippen LogP contribution < -0.4 is 21.7 Å². The van der Waals surface area contributed by atoms with Gasteiger partial charge in [0.25, 0.3) is 11.8 Å². The minimum atomic E-state index is -0.555.